The van der Waals surface area contributed by atoms with Crippen molar-refractivity contribution in [2.24, 2.45) is 5.10 Å². The number of benzene rings is 3. The molecule has 0 aliphatic carbocycles. The molecule has 0 spiro atoms. The molecule has 0 bridgehead atoms. The summed E-state index contributed by atoms with van der Waals surface area (Å²) in [7, 11) is 1.61. The second-order valence-electron chi connectivity index (χ2n) is 7.71. The number of nitrogens with zero attached hydrogens (tertiary/aromatic N) is 4. The third-order valence-corrected chi connectivity index (χ3v) is 6.10. The maximum absolute atomic E-state index is 12.4. The third kappa shape index (κ3) is 5.97. The van der Waals surface area contributed by atoms with Crippen LogP contribution in [0.5, 0.6) is 5.75 Å². The van der Waals surface area contributed by atoms with E-state index in [1.165, 1.54) is 30.1 Å². The Morgan fingerprint density at radius 1 is 1.03 bits per heavy atom. The minimum absolute atomic E-state index is 0.0669. The molecule has 0 saturated heterocycles. The van der Waals surface area contributed by atoms with E-state index in [9.17, 15) is 9.59 Å². The van der Waals surface area contributed by atoms with Crippen LogP contribution in [0, 0.1) is 6.92 Å². The molecule has 182 valence electrons. The smallest absolute Gasteiger partial charge is 0.335 e. The van der Waals surface area contributed by atoms with Crippen LogP contribution in [0.3, 0.4) is 0 Å². The molecule has 3 aromatic carbocycles. The fraction of sp³-hybridized carbons (Fsp3) is 0.115. The molecule has 0 atom stereocenters. The van der Waals surface area contributed by atoms with Gasteiger partial charge < -0.3 is 9.84 Å². The van der Waals surface area contributed by atoms with Crippen molar-refractivity contribution in [1.82, 2.24) is 20.2 Å². The summed E-state index contributed by atoms with van der Waals surface area (Å²) in [4.78, 5) is 23.3. The molecule has 0 unspecified atom stereocenters. The molecule has 1 heterocycles. The number of nitrogens with one attached hydrogen (secondary N) is 1. The summed E-state index contributed by atoms with van der Waals surface area (Å²) < 4.78 is 7.17. The summed E-state index contributed by atoms with van der Waals surface area (Å²) >= 11 is 1.24. The van der Waals surface area contributed by atoms with Crippen molar-refractivity contribution in [1.29, 1.82) is 0 Å². The van der Waals surface area contributed by atoms with E-state index in [0.717, 1.165) is 22.6 Å². The maximum Gasteiger partial charge on any atom is 0.335 e. The average molecular weight is 502 g/mol. The molecular weight excluding hydrogens is 478 g/mol. The Bertz CT molecular complexity index is 1380. The predicted octanol–water partition coefficient (Wildman–Crippen LogP) is 4.19. The van der Waals surface area contributed by atoms with E-state index in [-0.39, 0.29) is 17.2 Å². The van der Waals surface area contributed by atoms with Crippen molar-refractivity contribution < 1.29 is 19.4 Å². The number of hydrogen-bond acceptors (Lipinski definition) is 7. The Kier molecular flexibility index (Phi) is 7.76. The number of aryl methyl sites for hydroxylation is 1. The number of hydrazone groups is 1. The molecular formula is C26H23N5O4S. The number of ether oxygens (including phenoxy) is 1. The molecule has 1 amide bonds. The second-order valence-corrected chi connectivity index (χ2v) is 8.66. The molecule has 0 aliphatic heterocycles. The lowest BCUT2D eigenvalue weighted by Crippen LogP contribution is -2.20. The summed E-state index contributed by atoms with van der Waals surface area (Å²) in [6.07, 6.45) is 1.45. The quantitative estimate of drug-likeness (QED) is 0.200. The Labute approximate surface area is 211 Å². The fourth-order valence-electron chi connectivity index (χ4n) is 3.27. The van der Waals surface area contributed by atoms with Crippen LogP contribution < -0.4 is 10.2 Å². The highest BCUT2D eigenvalue weighted by molar-refractivity contribution is 7.99. The van der Waals surface area contributed by atoms with Crippen LogP contribution in [0.25, 0.3) is 17.1 Å². The van der Waals surface area contributed by atoms with Gasteiger partial charge in [0.1, 0.15) is 5.75 Å². The Morgan fingerprint density at radius 2 is 1.72 bits per heavy atom. The average Bonchev–Trinajstić information content (AvgIpc) is 3.32. The number of aromatic carboxylic acids is 1. The number of carboxylic acid groups (broad SMARTS) is 1. The molecule has 1 aromatic heterocycles. The summed E-state index contributed by atoms with van der Waals surface area (Å²) in [6, 6.07) is 21.7. The topological polar surface area (TPSA) is 119 Å². The Morgan fingerprint density at radius 3 is 2.36 bits per heavy atom. The summed E-state index contributed by atoms with van der Waals surface area (Å²) in [5.41, 5.74) is 6.19. The van der Waals surface area contributed by atoms with Crippen LogP contribution in [0.4, 0.5) is 0 Å². The van der Waals surface area contributed by atoms with Gasteiger partial charge in [0.05, 0.1) is 24.6 Å². The van der Waals surface area contributed by atoms with E-state index < -0.39 is 5.97 Å². The number of hydrogen-bond donors (Lipinski definition) is 2. The monoisotopic (exact) mass is 501 g/mol. The van der Waals surface area contributed by atoms with Crippen molar-refractivity contribution in [3.05, 3.63) is 89.5 Å². The molecule has 4 aromatic rings. The Hall–Kier alpha value is -4.44. The van der Waals surface area contributed by atoms with Gasteiger partial charge in [0.2, 0.25) is 0 Å². The van der Waals surface area contributed by atoms with Crippen molar-refractivity contribution in [3.63, 3.8) is 0 Å². The molecule has 4 rings (SSSR count). The number of amides is 1. The van der Waals surface area contributed by atoms with Gasteiger partial charge in [0.15, 0.2) is 11.0 Å². The number of rotatable bonds is 9. The van der Waals surface area contributed by atoms with Gasteiger partial charge in [0.25, 0.3) is 5.91 Å². The van der Waals surface area contributed by atoms with E-state index in [2.05, 4.69) is 20.7 Å². The molecule has 0 fully saturated rings. The standard InChI is InChI=1S/C26H23N5O4S/c1-17-3-7-19(8-4-17)24-29-30-26(31(24)21-11-13-22(35-2)14-12-21)36-16-23(32)28-27-15-18-5-9-20(10-6-18)25(33)34/h3-15H,16H2,1-2H3,(H,28,32)(H,33,34)/b27-15-. The normalized spacial score (nSPS) is 10.9. The van der Waals surface area contributed by atoms with Gasteiger partial charge in [-0.05, 0) is 48.9 Å². The number of carbonyl (C=O) groups excluding carboxylic acids is 1. The van der Waals surface area contributed by atoms with E-state index in [0.29, 0.717) is 16.5 Å². The first-order valence-corrected chi connectivity index (χ1v) is 11.9. The van der Waals surface area contributed by atoms with Crippen molar-refractivity contribution in [2.45, 2.75) is 12.1 Å². The van der Waals surface area contributed by atoms with Crippen molar-refractivity contribution in [3.8, 4) is 22.8 Å². The van der Waals surface area contributed by atoms with E-state index in [4.69, 9.17) is 9.84 Å². The largest absolute Gasteiger partial charge is 0.497 e. The summed E-state index contributed by atoms with van der Waals surface area (Å²) in [5.74, 6) is 0.132. The van der Waals surface area contributed by atoms with Gasteiger partial charge in [-0.25, -0.2) is 10.2 Å². The molecule has 0 saturated carbocycles. The molecule has 9 nitrogen and oxygen atoms in total. The van der Waals surface area contributed by atoms with Gasteiger partial charge >= 0.3 is 5.97 Å². The highest BCUT2D eigenvalue weighted by atomic mass is 32.2. The number of carbonyl (C=O) groups is 2. The minimum atomic E-state index is -1.00. The predicted molar refractivity (Wildman–Crippen MR) is 138 cm³/mol. The van der Waals surface area contributed by atoms with Crippen LogP contribution in [0.15, 0.2) is 83.1 Å². The zero-order valence-electron chi connectivity index (χ0n) is 19.6. The van der Waals surface area contributed by atoms with E-state index in [1.54, 1.807) is 19.2 Å². The first-order valence-electron chi connectivity index (χ1n) is 10.9. The van der Waals surface area contributed by atoms with Gasteiger partial charge in [-0.3, -0.25) is 9.36 Å². The highest BCUT2D eigenvalue weighted by Gasteiger charge is 2.17. The van der Waals surface area contributed by atoms with Crippen molar-refractivity contribution in [2.75, 3.05) is 12.9 Å². The van der Waals surface area contributed by atoms with E-state index in [1.807, 2.05) is 60.0 Å². The summed E-state index contributed by atoms with van der Waals surface area (Å²) in [6.45, 7) is 2.02. The minimum Gasteiger partial charge on any atom is -0.497 e. The lowest BCUT2D eigenvalue weighted by Gasteiger charge is -2.11. The van der Waals surface area contributed by atoms with Gasteiger partial charge in [-0.15, -0.1) is 10.2 Å². The second kappa shape index (κ2) is 11.3. The molecule has 10 heteroatoms. The molecule has 0 aliphatic rings. The van der Waals surface area contributed by atoms with Crippen LogP contribution in [-0.4, -0.2) is 50.8 Å². The van der Waals surface area contributed by atoms with Gasteiger partial charge in [-0.1, -0.05) is 53.7 Å². The number of carboxylic acids is 1. The highest BCUT2D eigenvalue weighted by Crippen LogP contribution is 2.29. The fourth-order valence-corrected chi connectivity index (χ4v) is 4.01. The van der Waals surface area contributed by atoms with Crippen LogP contribution in [0.1, 0.15) is 21.5 Å². The number of thioether (sulfide) groups is 1. The zero-order valence-corrected chi connectivity index (χ0v) is 20.4. The third-order valence-electron chi connectivity index (χ3n) is 5.17. The first-order chi connectivity index (χ1) is 17.4. The Balaban J connectivity index is 1.48. The first kappa shape index (κ1) is 24.7. The summed E-state index contributed by atoms with van der Waals surface area (Å²) in [5, 5.41) is 22.2. The van der Waals surface area contributed by atoms with Crippen LogP contribution >= 0.6 is 11.8 Å². The molecule has 36 heavy (non-hydrogen) atoms. The molecule has 0 radical (unpaired) electrons. The number of aromatic nitrogens is 3. The maximum atomic E-state index is 12.4. The SMILES string of the molecule is COc1ccc(-n2c(SCC(=O)N/N=C\c3ccc(C(=O)O)cc3)nnc2-c2ccc(C)cc2)cc1. The lowest BCUT2D eigenvalue weighted by atomic mass is 10.1. The van der Waals surface area contributed by atoms with Crippen LogP contribution in [-0.2, 0) is 4.79 Å². The number of methoxy groups -OCH3 is 1. The van der Waals surface area contributed by atoms with Crippen LogP contribution in [0.2, 0.25) is 0 Å². The molecule has 2 N–H and O–H groups in total. The van der Waals surface area contributed by atoms with E-state index >= 15 is 0 Å². The van der Waals surface area contributed by atoms with Crippen molar-refractivity contribution >= 4 is 29.9 Å². The van der Waals surface area contributed by atoms with Gasteiger partial charge in [0, 0.05) is 11.3 Å². The van der Waals surface area contributed by atoms with Gasteiger partial charge in [-0.2, -0.15) is 5.10 Å². The zero-order chi connectivity index (χ0) is 25.5. The lowest BCUT2D eigenvalue weighted by molar-refractivity contribution is -0.118.